The van der Waals surface area contributed by atoms with Gasteiger partial charge in [-0.2, -0.15) is 4.31 Å². The lowest BCUT2D eigenvalue weighted by Crippen LogP contribution is -2.37. The number of sulfonamides is 1. The topological polar surface area (TPSA) is 101 Å². The number of rotatable bonds is 7. The van der Waals surface area contributed by atoms with E-state index in [1.54, 1.807) is 5.38 Å². The molecule has 10 heteroatoms. The highest BCUT2D eigenvalue weighted by atomic mass is 32.2. The van der Waals surface area contributed by atoms with Gasteiger partial charge in [-0.05, 0) is 29.0 Å². The molecule has 0 radical (unpaired) electrons. The third kappa shape index (κ3) is 4.45. The van der Waals surface area contributed by atoms with Crippen LogP contribution in [0.25, 0.3) is 0 Å². The minimum atomic E-state index is -3.83. The van der Waals surface area contributed by atoms with Crippen molar-refractivity contribution in [1.82, 2.24) is 9.62 Å². The first kappa shape index (κ1) is 21.0. The predicted octanol–water partition coefficient (Wildman–Crippen LogP) is 1.66. The molecule has 0 bridgehead atoms. The van der Waals surface area contributed by atoms with E-state index in [4.69, 9.17) is 0 Å². The van der Waals surface area contributed by atoms with Gasteiger partial charge in [0.05, 0.1) is 5.75 Å². The first-order valence-corrected chi connectivity index (χ1v) is 13.0. The summed E-state index contributed by atoms with van der Waals surface area (Å²) >= 11 is 1.03. The Bertz CT molecular complexity index is 1070. The molecule has 2 heterocycles. The number of nitrogens with one attached hydrogen (secondary N) is 1. The highest BCUT2D eigenvalue weighted by molar-refractivity contribution is 7.91. The molecule has 0 saturated carbocycles. The number of carbonyl (C=O) groups is 1. The van der Waals surface area contributed by atoms with Gasteiger partial charge in [0.25, 0.3) is 5.91 Å². The fraction of sp³-hybridized carbons (Fsp3) is 0.389. The number of sulfone groups is 1. The summed E-state index contributed by atoms with van der Waals surface area (Å²) in [5.41, 5.74) is 2.10. The van der Waals surface area contributed by atoms with Crippen LogP contribution < -0.4 is 5.32 Å². The van der Waals surface area contributed by atoms with E-state index in [0.29, 0.717) is 13.0 Å². The van der Waals surface area contributed by atoms with E-state index in [0.717, 1.165) is 22.5 Å². The largest absolute Gasteiger partial charge is 0.350 e. The number of thiophene rings is 1. The van der Waals surface area contributed by atoms with Crippen molar-refractivity contribution in [3.05, 3.63) is 51.7 Å². The lowest BCUT2D eigenvalue weighted by molar-refractivity contribution is 0.0957. The summed E-state index contributed by atoms with van der Waals surface area (Å²) in [6.07, 6.45) is 0.621. The fourth-order valence-electron chi connectivity index (χ4n) is 3.02. The zero-order chi connectivity index (χ0) is 20.4. The lowest BCUT2D eigenvalue weighted by Gasteiger charge is -2.28. The first-order valence-electron chi connectivity index (χ1n) is 8.87. The van der Waals surface area contributed by atoms with Gasteiger partial charge in [0.1, 0.15) is 9.77 Å². The maximum absolute atomic E-state index is 13.1. The zero-order valence-electron chi connectivity index (χ0n) is 15.4. The van der Waals surface area contributed by atoms with E-state index in [9.17, 15) is 21.6 Å². The molecule has 152 valence electrons. The molecule has 2 aromatic rings. The number of hydrogen-bond donors (Lipinski definition) is 1. The Labute approximate surface area is 169 Å². The Kier molecular flexibility index (Phi) is 6.23. The maximum atomic E-state index is 13.1. The van der Waals surface area contributed by atoms with E-state index in [2.05, 4.69) is 5.32 Å². The average Bonchev–Trinajstić information content (AvgIpc) is 3.18. The number of benzene rings is 1. The Morgan fingerprint density at radius 3 is 2.57 bits per heavy atom. The van der Waals surface area contributed by atoms with Crippen molar-refractivity contribution >= 4 is 37.1 Å². The molecule has 3 rings (SSSR count). The number of amides is 1. The van der Waals surface area contributed by atoms with Gasteiger partial charge in [0.2, 0.25) is 10.0 Å². The molecule has 7 nitrogen and oxygen atoms in total. The summed E-state index contributed by atoms with van der Waals surface area (Å²) in [6.45, 7) is 2.11. The molecule has 0 unspecified atom stereocenters. The standard InChI is InChI=1S/C18H22N2O5S3/c1-2-27(22,23)12-9-19-18(21)17-16(8-11-26-17)28(24,25)20-10-7-14-5-3-4-6-15(14)13-20/h3-6,8,11H,2,7,9-10,12-13H2,1H3,(H,19,21). The van der Waals surface area contributed by atoms with Crippen molar-refractivity contribution in [2.24, 2.45) is 0 Å². The Morgan fingerprint density at radius 1 is 1.14 bits per heavy atom. The van der Waals surface area contributed by atoms with E-state index in [1.165, 1.54) is 17.3 Å². The third-order valence-electron chi connectivity index (χ3n) is 4.69. The van der Waals surface area contributed by atoms with Crippen LogP contribution in [0.3, 0.4) is 0 Å². The van der Waals surface area contributed by atoms with Gasteiger partial charge in [0, 0.05) is 25.4 Å². The van der Waals surface area contributed by atoms with Gasteiger partial charge in [0.15, 0.2) is 9.84 Å². The first-order chi connectivity index (χ1) is 13.2. The molecular weight excluding hydrogens is 420 g/mol. The van der Waals surface area contributed by atoms with E-state index < -0.39 is 25.8 Å². The Balaban J connectivity index is 1.76. The molecule has 1 aromatic heterocycles. The average molecular weight is 443 g/mol. The third-order valence-corrected chi connectivity index (χ3v) is 9.32. The van der Waals surface area contributed by atoms with Crippen molar-refractivity contribution in [2.45, 2.75) is 24.8 Å². The van der Waals surface area contributed by atoms with Gasteiger partial charge in [-0.1, -0.05) is 31.2 Å². The van der Waals surface area contributed by atoms with Gasteiger partial charge in [-0.15, -0.1) is 11.3 Å². The summed E-state index contributed by atoms with van der Waals surface area (Å²) in [4.78, 5) is 12.5. The SMILES string of the molecule is CCS(=O)(=O)CCNC(=O)c1sccc1S(=O)(=O)N1CCc2ccccc2C1. The molecule has 0 atom stereocenters. The van der Waals surface area contributed by atoms with Crippen molar-refractivity contribution in [1.29, 1.82) is 0 Å². The molecule has 1 N–H and O–H groups in total. The molecule has 1 aromatic carbocycles. The molecule has 0 spiro atoms. The summed E-state index contributed by atoms with van der Waals surface area (Å²) in [7, 11) is -7.04. The minimum Gasteiger partial charge on any atom is -0.350 e. The van der Waals surface area contributed by atoms with Crippen LogP contribution in [0, 0.1) is 0 Å². The number of nitrogens with zero attached hydrogens (tertiary/aromatic N) is 1. The smallest absolute Gasteiger partial charge is 0.262 e. The second-order valence-electron chi connectivity index (χ2n) is 6.46. The molecule has 0 saturated heterocycles. The highest BCUT2D eigenvalue weighted by Crippen LogP contribution is 2.29. The Morgan fingerprint density at radius 2 is 1.86 bits per heavy atom. The molecule has 1 amide bonds. The van der Waals surface area contributed by atoms with Crippen molar-refractivity contribution in [3.8, 4) is 0 Å². The van der Waals surface area contributed by atoms with Crippen LogP contribution in [0.5, 0.6) is 0 Å². The number of fused-ring (bicyclic) bond motifs is 1. The van der Waals surface area contributed by atoms with Crippen molar-refractivity contribution < 1.29 is 21.6 Å². The fourth-order valence-corrected chi connectivity index (χ4v) is 6.46. The molecular formula is C18H22N2O5S3. The Hall–Kier alpha value is -1.75. The van der Waals surface area contributed by atoms with E-state index >= 15 is 0 Å². The lowest BCUT2D eigenvalue weighted by atomic mass is 10.0. The monoisotopic (exact) mass is 442 g/mol. The van der Waals surface area contributed by atoms with Crippen LogP contribution in [0.2, 0.25) is 0 Å². The van der Waals surface area contributed by atoms with E-state index in [1.807, 2.05) is 24.3 Å². The van der Waals surface area contributed by atoms with Crippen molar-refractivity contribution in [3.63, 3.8) is 0 Å². The minimum absolute atomic E-state index is 0.00205. The van der Waals surface area contributed by atoms with Crippen LogP contribution in [0.15, 0.2) is 40.6 Å². The summed E-state index contributed by atoms with van der Waals surface area (Å²) in [5.74, 6) is -0.749. The normalized spacial score (nSPS) is 15.2. The highest BCUT2D eigenvalue weighted by Gasteiger charge is 2.32. The summed E-state index contributed by atoms with van der Waals surface area (Å²) in [5, 5.41) is 4.07. The van der Waals surface area contributed by atoms with Crippen LogP contribution in [-0.4, -0.2) is 51.6 Å². The van der Waals surface area contributed by atoms with E-state index in [-0.39, 0.29) is 34.4 Å². The predicted molar refractivity (Wildman–Crippen MR) is 109 cm³/mol. The summed E-state index contributed by atoms with van der Waals surface area (Å²) in [6, 6.07) is 9.14. The van der Waals surface area contributed by atoms with Gasteiger partial charge in [-0.25, -0.2) is 16.8 Å². The summed E-state index contributed by atoms with van der Waals surface area (Å²) < 4.78 is 50.7. The number of hydrogen-bond acceptors (Lipinski definition) is 6. The van der Waals surface area contributed by atoms with Crippen LogP contribution in [-0.2, 0) is 32.8 Å². The second kappa shape index (κ2) is 8.32. The van der Waals surface area contributed by atoms with Crippen LogP contribution in [0.4, 0.5) is 0 Å². The quantitative estimate of drug-likeness (QED) is 0.703. The van der Waals surface area contributed by atoms with Gasteiger partial charge in [-0.3, -0.25) is 4.79 Å². The van der Waals surface area contributed by atoms with Crippen LogP contribution >= 0.6 is 11.3 Å². The van der Waals surface area contributed by atoms with Gasteiger partial charge < -0.3 is 5.32 Å². The molecule has 1 aliphatic heterocycles. The maximum Gasteiger partial charge on any atom is 0.262 e. The second-order valence-corrected chi connectivity index (χ2v) is 11.8. The molecule has 28 heavy (non-hydrogen) atoms. The van der Waals surface area contributed by atoms with Gasteiger partial charge >= 0.3 is 0 Å². The molecule has 0 fully saturated rings. The number of carbonyl (C=O) groups excluding carboxylic acids is 1. The van der Waals surface area contributed by atoms with Crippen LogP contribution in [0.1, 0.15) is 27.7 Å². The van der Waals surface area contributed by atoms with Crippen molar-refractivity contribution in [2.75, 3.05) is 24.6 Å². The zero-order valence-corrected chi connectivity index (χ0v) is 17.9. The molecule has 0 aliphatic carbocycles. The molecule has 1 aliphatic rings.